The molecule has 0 spiro atoms. The normalized spacial score (nSPS) is 30.7. The van der Waals surface area contributed by atoms with Crippen LogP contribution in [-0.2, 0) is 23.9 Å². The Bertz CT molecular complexity index is 767. The highest BCUT2D eigenvalue weighted by molar-refractivity contribution is 8.76. The molecule has 4 N–H and O–H groups in total. The molecule has 2 aliphatic rings. The second-order valence-corrected chi connectivity index (χ2v) is 12.6. The predicted molar refractivity (Wildman–Crippen MR) is 142 cm³/mol. The Labute approximate surface area is 219 Å². The van der Waals surface area contributed by atoms with Crippen LogP contribution >= 0.6 is 33.3 Å². The van der Waals surface area contributed by atoms with Crippen LogP contribution in [0.2, 0.25) is 0 Å². The second kappa shape index (κ2) is 15.7. The first-order valence-corrected chi connectivity index (χ1v) is 15.8. The van der Waals surface area contributed by atoms with Gasteiger partial charge >= 0.3 is 5.97 Å². The van der Waals surface area contributed by atoms with E-state index in [0.717, 1.165) is 5.75 Å². The van der Waals surface area contributed by atoms with Crippen LogP contribution in [0.25, 0.3) is 0 Å². The van der Waals surface area contributed by atoms with E-state index in [0.29, 0.717) is 30.8 Å². The van der Waals surface area contributed by atoms with E-state index in [1.54, 1.807) is 28.6 Å². The summed E-state index contributed by atoms with van der Waals surface area (Å²) < 4.78 is 5.53. The van der Waals surface area contributed by atoms with Crippen molar-refractivity contribution in [3.8, 4) is 0 Å². The molecule has 0 saturated carbocycles. The number of aliphatic hydroxyl groups excluding tert-OH is 1. The van der Waals surface area contributed by atoms with E-state index >= 15 is 0 Å². The first-order valence-electron chi connectivity index (χ1n) is 11.9. The van der Waals surface area contributed by atoms with Gasteiger partial charge in [-0.15, -0.1) is 0 Å². The molecule has 0 aromatic carbocycles. The molecule has 1 fully saturated rings. The van der Waals surface area contributed by atoms with Crippen molar-refractivity contribution in [2.75, 3.05) is 23.5 Å². The SMILES string of the molecule is CSCC[C@@H]1NC(=O)C[C@H]2/C=C/CCSSCC(NC1=O)C(=O)N[C@H](CC(C)C)[C@H](O)CC(=O)O2. The number of aliphatic hydroxyl groups is 1. The fourth-order valence-electron chi connectivity index (χ4n) is 3.72. The molecule has 1 saturated heterocycles. The number of hydrogen-bond acceptors (Lipinski definition) is 9. The van der Waals surface area contributed by atoms with Crippen molar-refractivity contribution in [3.63, 3.8) is 0 Å². The summed E-state index contributed by atoms with van der Waals surface area (Å²) in [5, 5.41) is 19.2. The Morgan fingerprint density at radius 1 is 1.11 bits per heavy atom. The van der Waals surface area contributed by atoms with Crippen LogP contribution in [0.4, 0.5) is 0 Å². The van der Waals surface area contributed by atoms with E-state index in [2.05, 4.69) is 16.0 Å². The first kappa shape index (κ1) is 29.9. The minimum absolute atomic E-state index is 0.140. The average molecular weight is 548 g/mol. The molecule has 0 radical (unpaired) electrons. The number of carbonyl (C=O) groups is 4. The van der Waals surface area contributed by atoms with Gasteiger partial charge < -0.3 is 25.8 Å². The number of carbonyl (C=O) groups excluding carboxylic acids is 4. The van der Waals surface area contributed by atoms with Gasteiger partial charge in [-0.3, -0.25) is 19.2 Å². The third-order valence-electron chi connectivity index (χ3n) is 5.49. The molecule has 198 valence electrons. The second-order valence-electron chi connectivity index (χ2n) is 9.03. The summed E-state index contributed by atoms with van der Waals surface area (Å²) in [6.45, 7) is 3.91. The summed E-state index contributed by atoms with van der Waals surface area (Å²) in [5.74, 6) is -0.0925. The number of hydrogen-bond donors (Lipinski definition) is 4. The predicted octanol–water partition coefficient (Wildman–Crippen LogP) is 1.65. The van der Waals surface area contributed by atoms with Crippen LogP contribution in [0.3, 0.4) is 0 Å². The van der Waals surface area contributed by atoms with Gasteiger partial charge in [0.25, 0.3) is 0 Å². The molecule has 12 heteroatoms. The molecule has 1 unspecified atom stereocenters. The van der Waals surface area contributed by atoms with Crippen LogP contribution in [-0.4, -0.2) is 82.6 Å². The molecule has 2 rings (SSSR count). The molecule has 9 nitrogen and oxygen atoms in total. The molecule has 2 aliphatic heterocycles. The summed E-state index contributed by atoms with van der Waals surface area (Å²) in [6.07, 6.45) is 4.54. The number of nitrogens with one attached hydrogen (secondary N) is 3. The number of thioether (sulfide) groups is 1. The van der Waals surface area contributed by atoms with E-state index in [1.165, 1.54) is 10.8 Å². The zero-order chi connectivity index (χ0) is 25.8. The van der Waals surface area contributed by atoms with Gasteiger partial charge in [-0.05, 0) is 43.3 Å². The Hall–Kier alpha value is -1.37. The number of ether oxygens (including phenoxy) is 1. The maximum absolute atomic E-state index is 13.3. The lowest BCUT2D eigenvalue weighted by atomic mass is 9.97. The number of allylic oxidation sites excluding steroid dienone is 1. The Morgan fingerprint density at radius 3 is 2.60 bits per heavy atom. The summed E-state index contributed by atoms with van der Waals surface area (Å²) in [7, 11) is 3.05. The Morgan fingerprint density at radius 2 is 1.89 bits per heavy atom. The van der Waals surface area contributed by atoms with Gasteiger partial charge in [0.15, 0.2) is 0 Å². The van der Waals surface area contributed by atoms with Crippen LogP contribution in [0.5, 0.6) is 0 Å². The fraction of sp³-hybridized carbons (Fsp3) is 0.739. The lowest BCUT2D eigenvalue weighted by molar-refractivity contribution is -0.151. The van der Waals surface area contributed by atoms with Gasteiger partial charge in [-0.25, -0.2) is 0 Å². The molecule has 35 heavy (non-hydrogen) atoms. The van der Waals surface area contributed by atoms with Crippen LogP contribution in [0.15, 0.2) is 12.2 Å². The van der Waals surface area contributed by atoms with Gasteiger partial charge in [0.1, 0.15) is 18.2 Å². The molecule has 2 bridgehead atoms. The number of esters is 1. The molecule has 5 atom stereocenters. The zero-order valence-electron chi connectivity index (χ0n) is 20.5. The van der Waals surface area contributed by atoms with Crippen molar-refractivity contribution in [1.82, 2.24) is 16.0 Å². The third-order valence-corrected chi connectivity index (χ3v) is 8.59. The largest absolute Gasteiger partial charge is 0.457 e. The summed E-state index contributed by atoms with van der Waals surface area (Å²) >= 11 is 1.55. The quantitative estimate of drug-likeness (QED) is 0.230. The number of fused-ring (bicyclic) bond motifs is 7. The van der Waals surface area contributed by atoms with Gasteiger partial charge in [-0.1, -0.05) is 41.5 Å². The maximum Gasteiger partial charge on any atom is 0.309 e. The highest BCUT2D eigenvalue weighted by Crippen LogP contribution is 2.24. The van der Waals surface area contributed by atoms with Crippen LogP contribution in [0.1, 0.15) is 46.0 Å². The molecule has 0 aromatic heterocycles. The first-order chi connectivity index (χ1) is 16.7. The van der Waals surface area contributed by atoms with Gasteiger partial charge in [-0.2, -0.15) is 11.8 Å². The van der Waals surface area contributed by atoms with Crippen molar-refractivity contribution in [2.24, 2.45) is 5.92 Å². The van der Waals surface area contributed by atoms with E-state index in [4.69, 9.17) is 4.74 Å². The molecular weight excluding hydrogens is 510 g/mol. The topological polar surface area (TPSA) is 134 Å². The standard InChI is InChI=1S/C23H37N3O6S3/c1-14(2)10-17-19(27)12-21(29)32-15-6-4-5-8-34-35-13-18(23(31)25-17)26-22(30)16(7-9-33-3)24-20(28)11-15/h4,6,14-19,27H,5,7-13H2,1-3H3,(H,24,28)(H,25,31)(H,26,30)/b6-4+/t15-,16+,17-,18?,19-/m1/s1. The lowest BCUT2D eigenvalue weighted by Crippen LogP contribution is -2.57. The van der Waals surface area contributed by atoms with E-state index < -0.39 is 54.0 Å². The van der Waals surface area contributed by atoms with Gasteiger partial charge in [0.05, 0.1) is 25.0 Å². The average Bonchev–Trinajstić information content (AvgIpc) is 2.78. The number of amides is 3. The summed E-state index contributed by atoms with van der Waals surface area (Å²) in [5.41, 5.74) is 0. The number of rotatable bonds is 5. The Balaban J connectivity index is 2.44. The van der Waals surface area contributed by atoms with E-state index in [-0.39, 0.29) is 18.8 Å². The highest BCUT2D eigenvalue weighted by Gasteiger charge is 2.32. The minimum Gasteiger partial charge on any atom is -0.457 e. The van der Waals surface area contributed by atoms with Crippen molar-refractivity contribution in [1.29, 1.82) is 0 Å². The van der Waals surface area contributed by atoms with Gasteiger partial charge in [0, 0.05) is 11.5 Å². The van der Waals surface area contributed by atoms with Crippen molar-refractivity contribution in [2.45, 2.75) is 76.3 Å². The minimum atomic E-state index is -1.17. The van der Waals surface area contributed by atoms with Crippen LogP contribution < -0.4 is 16.0 Å². The molecule has 3 amide bonds. The summed E-state index contributed by atoms with van der Waals surface area (Å²) in [4.78, 5) is 51.8. The van der Waals surface area contributed by atoms with Crippen molar-refractivity contribution in [3.05, 3.63) is 12.2 Å². The Kier molecular flexibility index (Phi) is 13.4. The maximum atomic E-state index is 13.3. The summed E-state index contributed by atoms with van der Waals surface area (Å²) in [6, 6.07) is -2.37. The fourth-order valence-corrected chi connectivity index (χ4v) is 6.35. The molecular formula is C23H37N3O6S3. The molecule has 2 heterocycles. The third kappa shape index (κ3) is 11.1. The van der Waals surface area contributed by atoms with Crippen molar-refractivity contribution >= 4 is 57.0 Å². The zero-order valence-corrected chi connectivity index (χ0v) is 22.9. The van der Waals surface area contributed by atoms with Crippen molar-refractivity contribution < 1.29 is 29.0 Å². The molecule has 0 aromatic rings. The van der Waals surface area contributed by atoms with E-state index in [9.17, 15) is 24.3 Å². The smallest absolute Gasteiger partial charge is 0.309 e. The monoisotopic (exact) mass is 547 g/mol. The molecule has 0 aliphatic carbocycles. The van der Waals surface area contributed by atoms with Gasteiger partial charge in [0.2, 0.25) is 17.7 Å². The lowest BCUT2D eigenvalue weighted by Gasteiger charge is -2.28. The highest BCUT2D eigenvalue weighted by atomic mass is 33.1. The van der Waals surface area contributed by atoms with Crippen LogP contribution in [0, 0.1) is 5.92 Å². The van der Waals surface area contributed by atoms with E-state index in [1.807, 2.05) is 26.2 Å².